The van der Waals surface area contributed by atoms with E-state index in [1.807, 2.05) is 0 Å². The van der Waals surface area contributed by atoms with Crippen LogP contribution in [0.15, 0.2) is 0 Å². The molecule has 4 heteroatoms. The van der Waals surface area contributed by atoms with Crippen molar-refractivity contribution >= 4 is 32.5 Å². The SMILES string of the molecule is CC(C)[C@@H](C)N[SH](S)S. The van der Waals surface area contributed by atoms with Crippen molar-refractivity contribution in [2.45, 2.75) is 26.8 Å². The van der Waals surface area contributed by atoms with Crippen molar-refractivity contribution in [3.05, 3.63) is 0 Å². The van der Waals surface area contributed by atoms with Crippen LogP contribution in [0.3, 0.4) is 0 Å². The second-order valence-corrected chi connectivity index (χ2v) is 6.63. The third-order valence-electron chi connectivity index (χ3n) is 1.32. The zero-order valence-electron chi connectivity index (χ0n) is 6.00. The minimum atomic E-state index is -0.533. The topological polar surface area (TPSA) is 12.0 Å². The van der Waals surface area contributed by atoms with E-state index < -0.39 is 9.15 Å². The summed E-state index contributed by atoms with van der Waals surface area (Å²) >= 11 is 8.30. The summed E-state index contributed by atoms with van der Waals surface area (Å²) in [5.74, 6) is 0.661. The highest BCUT2D eigenvalue weighted by Gasteiger charge is 2.05. The molecule has 0 saturated carbocycles. The first-order valence-electron chi connectivity index (χ1n) is 2.98. The normalized spacial score (nSPS) is 16.0. The molecule has 0 aliphatic heterocycles. The molecule has 0 rings (SSSR count). The zero-order valence-corrected chi connectivity index (χ0v) is 8.68. The standard InChI is InChI=1S/C5H15NS3/c1-4(2)5(3)6-9(7)8/h4-9H,1-3H3/t5-/m1/s1. The van der Waals surface area contributed by atoms with Crippen LogP contribution in [-0.2, 0) is 0 Å². The van der Waals surface area contributed by atoms with Gasteiger partial charge in [0.05, 0.1) is 0 Å². The van der Waals surface area contributed by atoms with E-state index in [0.717, 1.165) is 0 Å². The van der Waals surface area contributed by atoms with Crippen molar-refractivity contribution < 1.29 is 0 Å². The van der Waals surface area contributed by atoms with Crippen LogP contribution >= 0.6 is 32.5 Å². The van der Waals surface area contributed by atoms with Crippen molar-refractivity contribution in [1.82, 2.24) is 4.72 Å². The molecular formula is C5H15NS3. The second kappa shape index (κ2) is 4.77. The van der Waals surface area contributed by atoms with Gasteiger partial charge in [-0.05, 0) is 12.8 Å². The first-order valence-corrected chi connectivity index (χ1v) is 6.62. The van der Waals surface area contributed by atoms with Gasteiger partial charge in [-0.1, -0.05) is 13.8 Å². The molecule has 0 fully saturated rings. The summed E-state index contributed by atoms with van der Waals surface area (Å²) in [6.45, 7) is 6.50. The van der Waals surface area contributed by atoms with Crippen LogP contribution < -0.4 is 4.72 Å². The maximum absolute atomic E-state index is 4.15. The van der Waals surface area contributed by atoms with Crippen LogP contribution in [0.25, 0.3) is 0 Å². The lowest BCUT2D eigenvalue weighted by molar-refractivity contribution is 0.503. The van der Waals surface area contributed by atoms with Crippen molar-refractivity contribution in [2.75, 3.05) is 0 Å². The highest BCUT2D eigenvalue weighted by atomic mass is 33.5. The highest BCUT2D eigenvalue weighted by Crippen LogP contribution is 2.31. The minimum Gasteiger partial charge on any atom is -0.264 e. The minimum absolute atomic E-state index is 0.520. The van der Waals surface area contributed by atoms with E-state index >= 15 is 0 Å². The van der Waals surface area contributed by atoms with Crippen molar-refractivity contribution in [3.63, 3.8) is 0 Å². The third-order valence-corrected chi connectivity index (χ3v) is 2.65. The van der Waals surface area contributed by atoms with Crippen molar-refractivity contribution in [1.29, 1.82) is 0 Å². The van der Waals surface area contributed by atoms with Crippen LogP contribution in [0, 0.1) is 5.92 Å². The molecule has 0 bridgehead atoms. The Hall–Kier alpha value is 1.01. The Morgan fingerprint density at radius 2 is 1.67 bits per heavy atom. The van der Waals surface area contributed by atoms with Gasteiger partial charge in [0.25, 0.3) is 0 Å². The Bertz CT molecular complexity index is 74.6. The lowest BCUT2D eigenvalue weighted by Gasteiger charge is -2.20. The maximum atomic E-state index is 4.15. The smallest absolute Gasteiger partial charge is 0.0163 e. The molecule has 0 aromatic rings. The van der Waals surface area contributed by atoms with Crippen LogP contribution in [0.1, 0.15) is 20.8 Å². The summed E-state index contributed by atoms with van der Waals surface area (Å²) in [6.07, 6.45) is 0. The molecule has 0 radical (unpaired) electrons. The van der Waals surface area contributed by atoms with Gasteiger partial charge in [-0.2, -0.15) is 0 Å². The average molecular weight is 185 g/mol. The van der Waals surface area contributed by atoms with Gasteiger partial charge >= 0.3 is 0 Å². The fourth-order valence-corrected chi connectivity index (χ4v) is 2.09. The Morgan fingerprint density at radius 1 is 1.22 bits per heavy atom. The molecule has 0 heterocycles. The molecule has 0 aliphatic carbocycles. The number of hydrogen-bond donors (Lipinski definition) is 4. The van der Waals surface area contributed by atoms with Crippen LogP contribution in [0.5, 0.6) is 0 Å². The predicted molar refractivity (Wildman–Crippen MR) is 54.4 cm³/mol. The van der Waals surface area contributed by atoms with Crippen LogP contribution in [0.4, 0.5) is 0 Å². The lowest BCUT2D eigenvalue weighted by Crippen LogP contribution is -2.25. The molecule has 0 aromatic carbocycles. The number of hydrogen-bond acceptors (Lipinski definition) is 3. The van der Waals surface area contributed by atoms with Gasteiger partial charge in [0, 0.05) is 6.04 Å². The molecule has 0 saturated heterocycles. The van der Waals surface area contributed by atoms with Gasteiger partial charge in [-0.15, -0.1) is 32.5 Å². The van der Waals surface area contributed by atoms with E-state index in [0.29, 0.717) is 12.0 Å². The molecule has 0 aliphatic rings. The monoisotopic (exact) mass is 185 g/mol. The number of rotatable bonds is 3. The van der Waals surface area contributed by atoms with E-state index in [1.165, 1.54) is 0 Å². The average Bonchev–Trinajstić information content (AvgIpc) is 1.63. The van der Waals surface area contributed by atoms with Gasteiger partial charge in [-0.25, -0.2) is 0 Å². The van der Waals surface area contributed by atoms with Gasteiger partial charge in [0.2, 0.25) is 0 Å². The van der Waals surface area contributed by atoms with E-state index in [1.54, 1.807) is 0 Å². The molecule has 58 valence electrons. The Morgan fingerprint density at radius 3 is 1.78 bits per heavy atom. The third kappa shape index (κ3) is 5.45. The molecule has 0 aromatic heterocycles. The van der Waals surface area contributed by atoms with Crippen molar-refractivity contribution in [2.24, 2.45) is 5.92 Å². The van der Waals surface area contributed by atoms with Gasteiger partial charge in [-0.3, -0.25) is 4.72 Å². The quantitative estimate of drug-likeness (QED) is 0.390. The largest absolute Gasteiger partial charge is 0.264 e. The van der Waals surface area contributed by atoms with Crippen molar-refractivity contribution in [3.8, 4) is 0 Å². The van der Waals surface area contributed by atoms with E-state index in [-0.39, 0.29) is 0 Å². The summed E-state index contributed by atoms with van der Waals surface area (Å²) in [5, 5.41) is 0. The Balaban J connectivity index is 3.38. The molecular weight excluding hydrogens is 170 g/mol. The first kappa shape index (κ1) is 10.0. The van der Waals surface area contributed by atoms with Gasteiger partial charge < -0.3 is 0 Å². The number of thiol groups is 3. The molecule has 0 amide bonds. The van der Waals surface area contributed by atoms with Gasteiger partial charge in [0.1, 0.15) is 0 Å². The molecule has 0 unspecified atom stereocenters. The fraction of sp³-hybridized carbons (Fsp3) is 1.00. The van der Waals surface area contributed by atoms with Crippen LogP contribution in [0.2, 0.25) is 0 Å². The Labute approximate surface area is 70.1 Å². The Kier molecular flexibility index (Phi) is 5.30. The molecule has 9 heavy (non-hydrogen) atoms. The number of nitrogens with one attached hydrogen (secondary N) is 1. The van der Waals surface area contributed by atoms with E-state index in [2.05, 4.69) is 48.8 Å². The summed E-state index contributed by atoms with van der Waals surface area (Å²) < 4.78 is 3.24. The van der Waals surface area contributed by atoms with E-state index in [4.69, 9.17) is 0 Å². The predicted octanol–water partition coefficient (Wildman–Crippen LogP) is 2.23. The van der Waals surface area contributed by atoms with Gasteiger partial charge in [0.15, 0.2) is 0 Å². The summed E-state index contributed by atoms with van der Waals surface area (Å²) in [5.41, 5.74) is 0. The first-order chi connectivity index (χ1) is 4.04. The summed E-state index contributed by atoms with van der Waals surface area (Å²) in [4.78, 5) is 0. The fourth-order valence-electron chi connectivity index (χ4n) is 0.331. The lowest BCUT2D eigenvalue weighted by atomic mass is 10.1. The summed E-state index contributed by atoms with van der Waals surface area (Å²) in [6, 6.07) is 0.520. The molecule has 0 spiro atoms. The van der Waals surface area contributed by atoms with E-state index in [9.17, 15) is 0 Å². The molecule has 1 N–H and O–H groups in total. The second-order valence-electron chi connectivity index (χ2n) is 2.45. The molecule has 1 nitrogen and oxygen atoms in total. The maximum Gasteiger partial charge on any atom is 0.0163 e. The zero-order chi connectivity index (χ0) is 7.44. The summed E-state index contributed by atoms with van der Waals surface area (Å²) in [7, 11) is -0.533. The van der Waals surface area contributed by atoms with Crippen LogP contribution in [-0.4, -0.2) is 6.04 Å². The highest BCUT2D eigenvalue weighted by molar-refractivity contribution is 9.08. The molecule has 1 atom stereocenters.